The number of pyridine rings is 1. The predicted octanol–water partition coefficient (Wildman–Crippen LogP) is 0.619. The van der Waals surface area contributed by atoms with Crippen molar-refractivity contribution in [2.75, 3.05) is 25.1 Å². The third-order valence-electron chi connectivity index (χ3n) is 1.63. The van der Waals surface area contributed by atoms with Crippen molar-refractivity contribution in [3.05, 3.63) is 23.9 Å². The zero-order valence-corrected chi connectivity index (χ0v) is 7.41. The predicted molar refractivity (Wildman–Crippen MR) is 48.2 cm³/mol. The Hall–Kier alpha value is -1.09. The highest BCUT2D eigenvalue weighted by Crippen LogP contribution is 2.07. The normalized spacial score (nSPS) is 9.92. The summed E-state index contributed by atoms with van der Waals surface area (Å²) >= 11 is 0. The average molecular weight is 165 g/mol. The van der Waals surface area contributed by atoms with E-state index in [1.807, 2.05) is 31.0 Å². The van der Waals surface area contributed by atoms with Gasteiger partial charge >= 0.3 is 0 Å². The van der Waals surface area contributed by atoms with Gasteiger partial charge in [0.1, 0.15) is 5.82 Å². The van der Waals surface area contributed by atoms with Crippen LogP contribution in [0.4, 0.5) is 5.82 Å². The van der Waals surface area contributed by atoms with Gasteiger partial charge in [0.2, 0.25) is 0 Å². The molecule has 3 nitrogen and oxygen atoms in total. The highest BCUT2D eigenvalue weighted by molar-refractivity contribution is 5.37. The van der Waals surface area contributed by atoms with E-state index in [0.717, 1.165) is 11.5 Å². The maximum absolute atomic E-state index is 8.69. The van der Waals surface area contributed by atoms with Gasteiger partial charge < -0.3 is 10.0 Å². The number of aryl methyl sites for hydroxylation is 1. The fourth-order valence-corrected chi connectivity index (χ4v) is 0.955. The molecule has 0 aliphatic carbocycles. The van der Waals surface area contributed by atoms with Gasteiger partial charge in [-0.3, -0.25) is 0 Å². The monoisotopic (exact) mass is 165 g/mol. The standard InChI is InChI=1S/C9H13N2O/c1-8-4-3-5-9(10-8)11(2)6-7-12/h3,5,12H,6-7H2,1-2H3. The molecule has 12 heavy (non-hydrogen) atoms. The first kappa shape index (κ1) is 9.00. The molecule has 0 aliphatic heterocycles. The number of anilines is 1. The minimum atomic E-state index is 0.149. The molecule has 1 aromatic rings. The van der Waals surface area contributed by atoms with Crippen LogP contribution < -0.4 is 4.90 Å². The molecule has 0 bridgehead atoms. The first-order valence-corrected chi connectivity index (χ1v) is 3.91. The lowest BCUT2D eigenvalue weighted by atomic mass is 10.3. The van der Waals surface area contributed by atoms with Gasteiger partial charge in [-0.05, 0) is 19.1 Å². The van der Waals surface area contributed by atoms with Crippen molar-refractivity contribution in [3.8, 4) is 0 Å². The van der Waals surface area contributed by atoms with Gasteiger partial charge in [0.25, 0.3) is 0 Å². The van der Waals surface area contributed by atoms with Crippen LogP contribution in [0.5, 0.6) is 0 Å². The molecule has 0 saturated carbocycles. The van der Waals surface area contributed by atoms with Gasteiger partial charge in [0.15, 0.2) is 0 Å². The van der Waals surface area contributed by atoms with E-state index in [1.54, 1.807) is 0 Å². The molecule has 0 saturated heterocycles. The lowest BCUT2D eigenvalue weighted by Gasteiger charge is -2.16. The fraction of sp³-hybridized carbons (Fsp3) is 0.444. The number of rotatable bonds is 3. The topological polar surface area (TPSA) is 36.4 Å². The first-order chi connectivity index (χ1) is 5.74. The van der Waals surface area contributed by atoms with Crippen LogP contribution in [0.2, 0.25) is 0 Å². The Balaban J connectivity index is 2.73. The highest BCUT2D eigenvalue weighted by atomic mass is 16.3. The van der Waals surface area contributed by atoms with Crippen LogP contribution in [0.25, 0.3) is 0 Å². The number of aliphatic hydroxyl groups excluding tert-OH is 1. The second kappa shape index (κ2) is 4.07. The Morgan fingerprint density at radius 3 is 3.00 bits per heavy atom. The molecule has 0 aliphatic rings. The van der Waals surface area contributed by atoms with Crippen LogP contribution in [0.1, 0.15) is 5.69 Å². The van der Waals surface area contributed by atoms with E-state index in [4.69, 9.17) is 5.11 Å². The quantitative estimate of drug-likeness (QED) is 0.713. The van der Waals surface area contributed by atoms with E-state index in [-0.39, 0.29) is 6.61 Å². The van der Waals surface area contributed by atoms with Crippen molar-refractivity contribution in [3.63, 3.8) is 0 Å². The Labute approximate surface area is 72.7 Å². The van der Waals surface area contributed by atoms with Crippen LogP contribution in [-0.4, -0.2) is 30.3 Å². The van der Waals surface area contributed by atoms with Gasteiger partial charge in [0, 0.05) is 25.4 Å². The summed E-state index contributed by atoms with van der Waals surface area (Å²) in [4.78, 5) is 6.15. The van der Waals surface area contributed by atoms with Gasteiger partial charge in [-0.15, -0.1) is 0 Å². The first-order valence-electron chi connectivity index (χ1n) is 3.91. The van der Waals surface area contributed by atoms with Crippen LogP contribution in [0.15, 0.2) is 12.1 Å². The third kappa shape index (κ3) is 2.20. The molecule has 3 heteroatoms. The Morgan fingerprint density at radius 2 is 2.42 bits per heavy atom. The Morgan fingerprint density at radius 1 is 1.67 bits per heavy atom. The summed E-state index contributed by atoms with van der Waals surface area (Å²) in [5.41, 5.74) is 0.872. The molecule has 0 fully saturated rings. The SMILES string of the molecule is Cc1[c]ccc(N(C)CCO)n1. The maximum atomic E-state index is 8.69. The summed E-state index contributed by atoms with van der Waals surface area (Å²) < 4.78 is 0. The maximum Gasteiger partial charge on any atom is 0.128 e. The molecule has 0 aromatic carbocycles. The zero-order chi connectivity index (χ0) is 8.97. The molecule has 1 radical (unpaired) electrons. The number of likely N-dealkylation sites (N-methyl/N-ethyl adjacent to an activating group) is 1. The molecule has 1 N–H and O–H groups in total. The minimum Gasteiger partial charge on any atom is -0.395 e. The molecule has 0 atom stereocenters. The zero-order valence-electron chi connectivity index (χ0n) is 7.41. The van der Waals surface area contributed by atoms with E-state index < -0.39 is 0 Å². The second-order valence-electron chi connectivity index (χ2n) is 2.68. The van der Waals surface area contributed by atoms with Crippen LogP contribution in [0, 0.1) is 13.0 Å². The summed E-state index contributed by atoms with van der Waals surface area (Å²) in [7, 11) is 1.90. The van der Waals surface area contributed by atoms with E-state index in [9.17, 15) is 0 Å². The van der Waals surface area contributed by atoms with Gasteiger partial charge in [0.05, 0.1) is 6.61 Å². The van der Waals surface area contributed by atoms with E-state index in [0.29, 0.717) is 6.54 Å². The van der Waals surface area contributed by atoms with Crippen molar-refractivity contribution >= 4 is 5.82 Å². The molecule has 1 heterocycles. The van der Waals surface area contributed by atoms with Crippen molar-refractivity contribution < 1.29 is 5.11 Å². The summed E-state index contributed by atoms with van der Waals surface area (Å²) in [6, 6.07) is 6.68. The average Bonchev–Trinajstić information content (AvgIpc) is 2.05. The highest BCUT2D eigenvalue weighted by Gasteiger charge is 1.99. The number of hydrogen-bond acceptors (Lipinski definition) is 3. The van der Waals surface area contributed by atoms with E-state index in [1.165, 1.54) is 0 Å². The van der Waals surface area contributed by atoms with Gasteiger partial charge in [-0.2, -0.15) is 0 Å². The molecule has 1 rings (SSSR count). The minimum absolute atomic E-state index is 0.149. The van der Waals surface area contributed by atoms with E-state index in [2.05, 4.69) is 11.1 Å². The summed E-state index contributed by atoms with van der Waals surface area (Å²) in [5.74, 6) is 0.875. The largest absolute Gasteiger partial charge is 0.395 e. The van der Waals surface area contributed by atoms with Crippen molar-refractivity contribution in [2.45, 2.75) is 6.92 Å². The Bertz CT molecular complexity index is 250. The van der Waals surface area contributed by atoms with Gasteiger partial charge in [-0.1, -0.05) is 0 Å². The molecule has 1 aromatic heterocycles. The number of nitrogens with zero attached hydrogens (tertiary/aromatic N) is 2. The number of aromatic nitrogens is 1. The van der Waals surface area contributed by atoms with E-state index >= 15 is 0 Å². The number of hydrogen-bond donors (Lipinski definition) is 1. The molecule has 0 spiro atoms. The molecular formula is C9H13N2O. The molecule has 0 unspecified atom stereocenters. The van der Waals surface area contributed by atoms with Crippen LogP contribution in [0.3, 0.4) is 0 Å². The lowest BCUT2D eigenvalue weighted by molar-refractivity contribution is 0.304. The Kier molecular flexibility index (Phi) is 3.05. The summed E-state index contributed by atoms with van der Waals surface area (Å²) in [6.45, 7) is 2.66. The second-order valence-corrected chi connectivity index (χ2v) is 2.68. The smallest absolute Gasteiger partial charge is 0.128 e. The van der Waals surface area contributed by atoms with Crippen LogP contribution in [-0.2, 0) is 0 Å². The molecule has 65 valence electrons. The van der Waals surface area contributed by atoms with Crippen LogP contribution >= 0.6 is 0 Å². The summed E-state index contributed by atoms with van der Waals surface area (Å²) in [5, 5.41) is 8.69. The van der Waals surface area contributed by atoms with Gasteiger partial charge in [-0.25, -0.2) is 4.98 Å². The summed E-state index contributed by atoms with van der Waals surface area (Å²) in [6.07, 6.45) is 0. The number of aliphatic hydroxyl groups is 1. The fourth-order valence-electron chi connectivity index (χ4n) is 0.955. The third-order valence-corrected chi connectivity index (χ3v) is 1.63. The van der Waals surface area contributed by atoms with Crippen molar-refractivity contribution in [2.24, 2.45) is 0 Å². The van der Waals surface area contributed by atoms with Crippen molar-refractivity contribution in [1.29, 1.82) is 0 Å². The molecule has 0 amide bonds. The van der Waals surface area contributed by atoms with Crippen molar-refractivity contribution in [1.82, 2.24) is 4.98 Å². The lowest BCUT2D eigenvalue weighted by Crippen LogP contribution is -2.22. The molecular weight excluding hydrogens is 152 g/mol.